The Morgan fingerprint density at radius 3 is 2.73 bits per heavy atom. The highest BCUT2D eigenvalue weighted by molar-refractivity contribution is 5.80. The third-order valence-corrected chi connectivity index (χ3v) is 4.35. The van der Waals surface area contributed by atoms with Gasteiger partial charge in [-0.25, -0.2) is 4.99 Å². The Morgan fingerprint density at radius 2 is 2.14 bits per heavy atom. The smallest absolute Gasteiger partial charge is 0.191 e. The molecule has 2 aliphatic rings. The first-order valence-corrected chi connectivity index (χ1v) is 8.11. The molecule has 3 unspecified atom stereocenters. The van der Waals surface area contributed by atoms with Crippen LogP contribution in [-0.2, 0) is 11.3 Å². The summed E-state index contributed by atoms with van der Waals surface area (Å²) < 4.78 is 11.1. The Balaban J connectivity index is 1.59. The van der Waals surface area contributed by atoms with Crippen molar-refractivity contribution in [2.75, 3.05) is 13.7 Å². The van der Waals surface area contributed by atoms with Crippen LogP contribution < -0.4 is 15.4 Å². The summed E-state index contributed by atoms with van der Waals surface area (Å²) in [6.07, 6.45) is 4.28. The van der Waals surface area contributed by atoms with Crippen LogP contribution in [0.5, 0.6) is 5.75 Å². The van der Waals surface area contributed by atoms with Crippen molar-refractivity contribution in [3.05, 3.63) is 29.8 Å². The first-order valence-electron chi connectivity index (χ1n) is 8.11. The molecule has 1 aromatic rings. The summed E-state index contributed by atoms with van der Waals surface area (Å²) in [5.41, 5.74) is 1.17. The van der Waals surface area contributed by atoms with E-state index in [4.69, 9.17) is 9.47 Å². The largest absolute Gasteiger partial charge is 0.497 e. The zero-order valence-corrected chi connectivity index (χ0v) is 13.3. The van der Waals surface area contributed by atoms with E-state index in [0.29, 0.717) is 24.8 Å². The van der Waals surface area contributed by atoms with Gasteiger partial charge in [0.05, 0.1) is 31.9 Å². The number of rotatable bonds is 5. The maximum absolute atomic E-state index is 5.89. The molecule has 1 aromatic carbocycles. The van der Waals surface area contributed by atoms with Gasteiger partial charge in [0.25, 0.3) is 0 Å². The second-order valence-corrected chi connectivity index (χ2v) is 5.90. The van der Waals surface area contributed by atoms with E-state index >= 15 is 0 Å². The minimum atomic E-state index is 0.356. The molecule has 5 heteroatoms. The molecule has 0 spiro atoms. The van der Waals surface area contributed by atoms with Crippen LogP contribution in [0.3, 0.4) is 0 Å². The van der Waals surface area contributed by atoms with Gasteiger partial charge in [-0.1, -0.05) is 12.1 Å². The minimum Gasteiger partial charge on any atom is -0.497 e. The number of guanidine groups is 1. The van der Waals surface area contributed by atoms with Gasteiger partial charge in [0.15, 0.2) is 5.96 Å². The third kappa shape index (κ3) is 3.53. The lowest BCUT2D eigenvalue weighted by Gasteiger charge is -2.22. The molecule has 3 rings (SSSR count). The first kappa shape index (κ1) is 15.2. The standard InChI is InChI=1S/C17H25N3O2/c1-3-18-17(20-15-10-14-8-9-16(15)22-14)19-11-12-4-6-13(21-2)7-5-12/h4-7,14-16H,3,8-11H2,1-2H3,(H2,18,19,20). The molecule has 3 atom stereocenters. The van der Waals surface area contributed by atoms with Gasteiger partial charge in [0.2, 0.25) is 0 Å². The van der Waals surface area contributed by atoms with Gasteiger partial charge in [-0.2, -0.15) is 0 Å². The monoisotopic (exact) mass is 303 g/mol. The molecule has 2 N–H and O–H groups in total. The summed E-state index contributed by atoms with van der Waals surface area (Å²) in [7, 11) is 1.68. The van der Waals surface area contributed by atoms with E-state index in [0.717, 1.165) is 24.7 Å². The summed E-state index contributed by atoms with van der Waals surface area (Å²) >= 11 is 0. The van der Waals surface area contributed by atoms with Crippen molar-refractivity contribution in [1.29, 1.82) is 0 Å². The summed E-state index contributed by atoms with van der Waals surface area (Å²) in [4.78, 5) is 4.68. The molecule has 2 bridgehead atoms. The number of methoxy groups -OCH3 is 1. The average Bonchev–Trinajstić information content (AvgIpc) is 3.16. The highest BCUT2D eigenvalue weighted by Crippen LogP contribution is 2.34. The van der Waals surface area contributed by atoms with Gasteiger partial charge in [0, 0.05) is 6.54 Å². The Hall–Kier alpha value is -1.75. The van der Waals surface area contributed by atoms with Gasteiger partial charge in [-0.3, -0.25) is 0 Å². The molecule has 2 saturated heterocycles. The Labute approximate surface area is 132 Å². The molecular formula is C17H25N3O2. The van der Waals surface area contributed by atoms with Gasteiger partial charge in [-0.15, -0.1) is 0 Å². The highest BCUT2D eigenvalue weighted by Gasteiger charge is 2.41. The SMILES string of the molecule is CCNC(=NCc1ccc(OC)cc1)NC1CC2CCC1O2. The first-order chi connectivity index (χ1) is 10.8. The number of ether oxygens (including phenoxy) is 2. The normalized spacial score (nSPS) is 27.0. The summed E-state index contributed by atoms with van der Waals surface area (Å²) in [6.45, 7) is 3.60. The van der Waals surface area contributed by atoms with E-state index in [1.54, 1.807) is 7.11 Å². The van der Waals surface area contributed by atoms with E-state index < -0.39 is 0 Å². The van der Waals surface area contributed by atoms with Crippen molar-refractivity contribution in [2.24, 2.45) is 4.99 Å². The quantitative estimate of drug-likeness (QED) is 0.646. The van der Waals surface area contributed by atoms with Crippen LogP contribution in [-0.4, -0.2) is 37.9 Å². The lowest BCUT2D eigenvalue weighted by Crippen LogP contribution is -2.47. The Kier molecular flexibility index (Phi) is 4.83. The van der Waals surface area contributed by atoms with E-state index in [9.17, 15) is 0 Å². The molecule has 5 nitrogen and oxygen atoms in total. The predicted octanol–water partition coefficient (Wildman–Crippen LogP) is 2.07. The van der Waals surface area contributed by atoms with Crippen molar-refractivity contribution in [3.63, 3.8) is 0 Å². The number of hydrogen-bond donors (Lipinski definition) is 2. The average molecular weight is 303 g/mol. The number of nitrogens with one attached hydrogen (secondary N) is 2. The van der Waals surface area contributed by atoms with Gasteiger partial charge < -0.3 is 20.1 Å². The van der Waals surface area contributed by atoms with Gasteiger partial charge in [-0.05, 0) is 43.9 Å². The number of hydrogen-bond acceptors (Lipinski definition) is 3. The number of fused-ring (bicyclic) bond motifs is 2. The Bertz CT molecular complexity index is 515. The topological polar surface area (TPSA) is 54.9 Å². The minimum absolute atomic E-state index is 0.356. The van der Waals surface area contributed by atoms with E-state index in [1.807, 2.05) is 24.3 Å². The molecule has 0 aliphatic carbocycles. The fourth-order valence-electron chi connectivity index (χ4n) is 3.19. The van der Waals surface area contributed by atoms with Crippen molar-refractivity contribution in [1.82, 2.24) is 10.6 Å². The zero-order chi connectivity index (χ0) is 15.4. The molecule has 0 aromatic heterocycles. The molecule has 2 aliphatic heterocycles. The Morgan fingerprint density at radius 1 is 1.32 bits per heavy atom. The van der Waals surface area contributed by atoms with Crippen LogP contribution in [0.15, 0.2) is 29.3 Å². The fraction of sp³-hybridized carbons (Fsp3) is 0.588. The van der Waals surface area contributed by atoms with E-state index in [2.05, 4.69) is 22.5 Å². The van der Waals surface area contributed by atoms with Crippen molar-refractivity contribution >= 4 is 5.96 Å². The van der Waals surface area contributed by atoms with E-state index in [1.165, 1.54) is 18.4 Å². The van der Waals surface area contributed by atoms with E-state index in [-0.39, 0.29) is 0 Å². The second-order valence-electron chi connectivity index (χ2n) is 5.90. The number of aliphatic imine (C=N–C) groups is 1. The highest BCUT2D eigenvalue weighted by atomic mass is 16.5. The maximum Gasteiger partial charge on any atom is 0.191 e. The summed E-state index contributed by atoms with van der Waals surface area (Å²) in [5, 5.41) is 6.85. The lowest BCUT2D eigenvalue weighted by molar-refractivity contribution is 0.0992. The second kappa shape index (κ2) is 7.01. The maximum atomic E-state index is 5.89. The van der Waals surface area contributed by atoms with Crippen LogP contribution in [0.4, 0.5) is 0 Å². The molecule has 120 valence electrons. The number of nitrogens with zero attached hydrogens (tertiary/aromatic N) is 1. The van der Waals surface area contributed by atoms with Crippen LogP contribution in [0.25, 0.3) is 0 Å². The molecule has 0 amide bonds. The van der Waals surface area contributed by atoms with Crippen LogP contribution in [0.2, 0.25) is 0 Å². The van der Waals surface area contributed by atoms with Crippen LogP contribution in [0, 0.1) is 0 Å². The molecule has 0 saturated carbocycles. The molecule has 0 radical (unpaired) electrons. The van der Waals surface area contributed by atoms with Gasteiger partial charge >= 0.3 is 0 Å². The summed E-state index contributed by atoms with van der Waals surface area (Å²) in [5.74, 6) is 1.75. The summed E-state index contributed by atoms with van der Waals surface area (Å²) in [6, 6.07) is 8.43. The molecule has 22 heavy (non-hydrogen) atoms. The fourth-order valence-corrected chi connectivity index (χ4v) is 3.19. The van der Waals surface area contributed by atoms with Crippen LogP contribution in [0.1, 0.15) is 31.7 Å². The van der Waals surface area contributed by atoms with Crippen molar-refractivity contribution in [3.8, 4) is 5.75 Å². The molecular weight excluding hydrogens is 278 g/mol. The lowest BCUT2D eigenvalue weighted by atomic mass is 9.96. The van der Waals surface area contributed by atoms with Crippen LogP contribution >= 0.6 is 0 Å². The van der Waals surface area contributed by atoms with Crippen molar-refractivity contribution in [2.45, 2.75) is 51.0 Å². The molecule has 2 heterocycles. The number of benzene rings is 1. The van der Waals surface area contributed by atoms with Crippen molar-refractivity contribution < 1.29 is 9.47 Å². The third-order valence-electron chi connectivity index (χ3n) is 4.35. The van der Waals surface area contributed by atoms with Gasteiger partial charge in [0.1, 0.15) is 5.75 Å². The predicted molar refractivity (Wildman–Crippen MR) is 87.2 cm³/mol. The zero-order valence-electron chi connectivity index (χ0n) is 13.3. The molecule has 2 fully saturated rings.